The fourth-order valence-corrected chi connectivity index (χ4v) is 0.687. The summed E-state index contributed by atoms with van der Waals surface area (Å²) in [5.41, 5.74) is 0. The van der Waals surface area contributed by atoms with Crippen LogP contribution in [0.2, 0.25) is 0 Å². The fraction of sp³-hybridized carbons (Fsp3) is 0.800. The molecule has 0 aromatic rings. The molecule has 0 aliphatic carbocycles. The number of carbonyl (C=O) groups is 1. The van der Waals surface area contributed by atoms with Crippen molar-refractivity contribution in [1.29, 1.82) is 0 Å². The molecule has 8 nitrogen and oxygen atoms in total. The molecule has 0 N–H and O–H groups in total. The quantitative estimate of drug-likeness (QED) is 0.214. The molecule has 0 saturated heterocycles. The van der Waals surface area contributed by atoms with E-state index in [2.05, 4.69) is 4.74 Å². The molecule has 0 aliphatic rings. The van der Waals surface area contributed by atoms with Crippen LogP contribution in [0.5, 0.6) is 0 Å². The first-order chi connectivity index (χ1) is 6.22. The van der Waals surface area contributed by atoms with Gasteiger partial charge in [0.15, 0.2) is 0 Å². The maximum atomic E-state index is 13.1. The van der Waals surface area contributed by atoms with Crippen molar-refractivity contribution in [3.8, 4) is 0 Å². The van der Waals surface area contributed by atoms with Crippen LogP contribution in [0.15, 0.2) is 0 Å². The van der Waals surface area contributed by atoms with Crippen LogP contribution in [0.1, 0.15) is 13.8 Å². The van der Waals surface area contributed by atoms with Crippen molar-refractivity contribution in [2.75, 3.05) is 0 Å². The van der Waals surface area contributed by atoms with Crippen molar-refractivity contribution in [2.24, 2.45) is 0 Å². The molecule has 0 amide bonds. The number of nitrogens with zero attached hydrogens (tertiary/aromatic N) is 2. The molecule has 0 aliphatic heterocycles. The van der Waals surface area contributed by atoms with E-state index >= 15 is 0 Å². The van der Waals surface area contributed by atoms with Gasteiger partial charge in [-0.15, -0.1) is 0 Å². The van der Waals surface area contributed by atoms with Crippen LogP contribution in [0.3, 0.4) is 0 Å². The largest absolute Gasteiger partial charge is 0.651 e. The van der Waals surface area contributed by atoms with Crippen LogP contribution in [-0.2, 0) is 9.53 Å². The first-order valence-corrected chi connectivity index (χ1v) is 3.38. The second kappa shape index (κ2) is 3.94. The van der Waals surface area contributed by atoms with E-state index in [-0.39, 0.29) is 0 Å². The Morgan fingerprint density at radius 3 is 2.00 bits per heavy atom. The lowest BCUT2D eigenvalue weighted by molar-refractivity contribution is -0.839. The van der Waals surface area contributed by atoms with Gasteiger partial charge in [-0.2, -0.15) is 0 Å². The topological polar surface area (TPSA) is 113 Å². The van der Waals surface area contributed by atoms with Gasteiger partial charge in [-0.1, -0.05) is 4.39 Å². The zero-order chi connectivity index (χ0) is 11.5. The zero-order valence-corrected chi connectivity index (χ0v) is 7.30. The molecular weight excluding hydrogens is 203 g/mol. The lowest BCUT2D eigenvalue weighted by Gasteiger charge is -2.14. The van der Waals surface area contributed by atoms with Gasteiger partial charge in [-0.3, -0.25) is 25.0 Å². The Labute approximate surface area is 76.9 Å². The van der Waals surface area contributed by atoms with E-state index < -0.39 is 27.8 Å². The number of esters is 1. The smallest absolute Gasteiger partial charge is 0.443 e. The molecule has 0 radical (unpaired) electrons. The summed E-state index contributed by atoms with van der Waals surface area (Å²) in [5, 5.41) is 20.2. The Hall–Kier alpha value is -1.80. The van der Waals surface area contributed by atoms with E-state index in [9.17, 15) is 29.4 Å². The number of hydrogen-bond donors (Lipinski definition) is 0. The normalized spacial score (nSPS) is 13.1. The maximum Gasteiger partial charge on any atom is 0.651 e. The molecule has 0 heterocycles. The minimum absolute atomic E-state index is 0.729. The van der Waals surface area contributed by atoms with Crippen LogP contribution < -0.4 is 0 Å². The molecule has 0 saturated carbocycles. The molecule has 0 aromatic carbocycles. The number of halogens is 1. The highest BCUT2D eigenvalue weighted by atomic mass is 19.2. The highest BCUT2D eigenvalue weighted by Gasteiger charge is 2.65. The molecule has 1 unspecified atom stereocenters. The Morgan fingerprint density at radius 2 is 1.79 bits per heavy atom. The SMILES string of the molecule is CC(=O)OC(C)C(F)([N+](=O)[O-])[N+](=O)[O-]. The standard InChI is InChI=1S/C5H7FN2O6/c1-3(14-4(2)9)5(6,7(10)11)8(12)13/h3H,1-2H3. The van der Waals surface area contributed by atoms with Crippen LogP contribution in [0.4, 0.5) is 4.39 Å². The molecule has 0 bridgehead atoms. The number of alkyl halides is 1. The van der Waals surface area contributed by atoms with Gasteiger partial charge in [0, 0.05) is 6.92 Å². The molecule has 9 heteroatoms. The van der Waals surface area contributed by atoms with Crippen molar-refractivity contribution in [2.45, 2.75) is 25.9 Å². The van der Waals surface area contributed by atoms with Gasteiger partial charge in [-0.05, 0) is 6.92 Å². The highest BCUT2D eigenvalue weighted by Crippen LogP contribution is 2.20. The van der Waals surface area contributed by atoms with E-state index in [1.807, 2.05) is 0 Å². The molecular formula is C5H7FN2O6. The van der Waals surface area contributed by atoms with E-state index in [0.29, 0.717) is 0 Å². The molecule has 1 atom stereocenters. The predicted molar refractivity (Wildman–Crippen MR) is 39.1 cm³/mol. The van der Waals surface area contributed by atoms with Gasteiger partial charge >= 0.3 is 11.9 Å². The van der Waals surface area contributed by atoms with Crippen molar-refractivity contribution in [1.82, 2.24) is 0 Å². The molecule has 14 heavy (non-hydrogen) atoms. The summed E-state index contributed by atoms with van der Waals surface area (Å²) in [7, 11) is 0. The van der Waals surface area contributed by atoms with Crippen LogP contribution in [-0.4, -0.2) is 27.8 Å². The van der Waals surface area contributed by atoms with E-state index in [1.54, 1.807) is 0 Å². The molecule has 0 spiro atoms. The predicted octanol–water partition coefficient (Wildman–Crippen LogP) is 0.115. The van der Waals surface area contributed by atoms with Gasteiger partial charge in [0.1, 0.15) is 9.85 Å². The van der Waals surface area contributed by atoms with Crippen molar-refractivity contribution in [3.63, 3.8) is 0 Å². The third-order valence-corrected chi connectivity index (χ3v) is 1.37. The second-order valence-corrected chi connectivity index (χ2v) is 2.40. The van der Waals surface area contributed by atoms with E-state index in [4.69, 9.17) is 0 Å². The first-order valence-electron chi connectivity index (χ1n) is 3.38. The molecule has 0 rings (SSSR count). The zero-order valence-electron chi connectivity index (χ0n) is 7.30. The molecule has 0 aromatic heterocycles. The van der Waals surface area contributed by atoms with Gasteiger partial charge in [-0.25, -0.2) is 0 Å². The Morgan fingerprint density at radius 1 is 1.43 bits per heavy atom. The van der Waals surface area contributed by atoms with Gasteiger partial charge in [0.2, 0.25) is 0 Å². The number of hydrogen-bond acceptors (Lipinski definition) is 6. The number of carbonyl (C=O) groups excluding carboxylic acids is 1. The lowest BCUT2D eigenvalue weighted by Crippen LogP contribution is -2.52. The number of nitro groups is 2. The van der Waals surface area contributed by atoms with Crippen molar-refractivity contribution < 1.29 is 23.8 Å². The Balaban J connectivity index is 4.92. The van der Waals surface area contributed by atoms with Crippen molar-refractivity contribution >= 4 is 5.97 Å². The van der Waals surface area contributed by atoms with E-state index in [0.717, 1.165) is 13.8 Å². The summed E-state index contributed by atoms with van der Waals surface area (Å²) in [6, 6.07) is 0. The summed E-state index contributed by atoms with van der Waals surface area (Å²) in [6.45, 7) is 1.59. The van der Waals surface area contributed by atoms with E-state index in [1.165, 1.54) is 0 Å². The average molecular weight is 210 g/mol. The average Bonchev–Trinajstić information content (AvgIpc) is 2.00. The fourth-order valence-electron chi connectivity index (χ4n) is 0.687. The monoisotopic (exact) mass is 210 g/mol. The van der Waals surface area contributed by atoms with Crippen LogP contribution >= 0.6 is 0 Å². The lowest BCUT2D eigenvalue weighted by atomic mass is 10.3. The third kappa shape index (κ3) is 2.12. The summed E-state index contributed by atoms with van der Waals surface area (Å²) >= 11 is 0. The highest BCUT2D eigenvalue weighted by molar-refractivity contribution is 5.66. The van der Waals surface area contributed by atoms with Crippen molar-refractivity contribution in [3.05, 3.63) is 20.2 Å². The third-order valence-electron chi connectivity index (χ3n) is 1.37. The minimum Gasteiger partial charge on any atom is -0.443 e. The van der Waals surface area contributed by atoms with Gasteiger partial charge < -0.3 is 4.74 Å². The summed E-state index contributed by atoms with van der Waals surface area (Å²) in [6.07, 6.45) is -2.09. The Bertz CT molecular complexity index is 265. The summed E-state index contributed by atoms with van der Waals surface area (Å²) in [4.78, 5) is 27.0. The first kappa shape index (κ1) is 12.2. The van der Waals surface area contributed by atoms with Crippen LogP contribution in [0.25, 0.3) is 0 Å². The number of rotatable bonds is 4. The second-order valence-electron chi connectivity index (χ2n) is 2.40. The molecule has 0 fully saturated rings. The number of ether oxygens (including phenoxy) is 1. The van der Waals surface area contributed by atoms with Crippen LogP contribution in [0, 0.1) is 20.2 Å². The van der Waals surface area contributed by atoms with Gasteiger partial charge in [0.05, 0.1) is 0 Å². The maximum absolute atomic E-state index is 13.1. The Kier molecular flexibility index (Phi) is 3.43. The molecule has 80 valence electrons. The minimum atomic E-state index is -4.01. The summed E-state index contributed by atoms with van der Waals surface area (Å²) in [5.74, 6) is -5.05. The van der Waals surface area contributed by atoms with Gasteiger partial charge in [0.25, 0.3) is 6.10 Å². The summed E-state index contributed by atoms with van der Waals surface area (Å²) < 4.78 is 17.2.